The van der Waals surface area contributed by atoms with Crippen LogP contribution in [0.5, 0.6) is 0 Å². The maximum absolute atomic E-state index is 13.5. The van der Waals surface area contributed by atoms with E-state index in [1.54, 1.807) is 23.2 Å². The van der Waals surface area contributed by atoms with Crippen molar-refractivity contribution >= 4 is 0 Å². The maximum atomic E-state index is 13.5. The SMILES string of the molecule is Cc1ccc(-n2cncc2C)c(F)c1. The van der Waals surface area contributed by atoms with Gasteiger partial charge in [-0.25, -0.2) is 9.37 Å². The van der Waals surface area contributed by atoms with Gasteiger partial charge >= 0.3 is 0 Å². The Kier molecular flexibility index (Phi) is 2.08. The summed E-state index contributed by atoms with van der Waals surface area (Å²) in [6, 6.07) is 5.17. The minimum Gasteiger partial charge on any atom is -0.301 e. The van der Waals surface area contributed by atoms with Gasteiger partial charge in [-0.1, -0.05) is 6.07 Å². The lowest BCUT2D eigenvalue weighted by atomic mass is 10.2. The molecule has 0 radical (unpaired) electrons. The van der Waals surface area contributed by atoms with E-state index in [1.165, 1.54) is 6.07 Å². The number of imidazole rings is 1. The van der Waals surface area contributed by atoms with Crippen LogP contribution in [0.4, 0.5) is 4.39 Å². The second kappa shape index (κ2) is 3.25. The largest absolute Gasteiger partial charge is 0.301 e. The Morgan fingerprint density at radius 3 is 2.64 bits per heavy atom. The molecule has 1 heterocycles. The highest BCUT2D eigenvalue weighted by atomic mass is 19.1. The van der Waals surface area contributed by atoms with E-state index in [0.29, 0.717) is 5.69 Å². The van der Waals surface area contributed by atoms with Crippen LogP contribution in [0.25, 0.3) is 5.69 Å². The summed E-state index contributed by atoms with van der Waals surface area (Å²) < 4.78 is 15.3. The van der Waals surface area contributed by atoms with E-state index >= 15 is 0 Å². The second-order valence-corrected chi connectivity index (χ2v) is 3.36. The zero-order valence-corrected chi connectivity index (χ0v) is 8.16. The Morgan fingerprint density at radius 1 is 1.29 bits per heavy atom. The van der Waals surface area contributed by atoms with Crippen molar-refractivity contribution < 1.29 is 4.39 Å². The van der Waals surface area contributed by atoms with Crippen molar-refractivity contribution in [1.29, 1.82) is 0 Å². The van der Waals surface area contributed by atoms with Gasteiger partial charge in [-0.15, -0.1) is 0 Å². The maximum Gasteiger partial charge on any atom is 0.147 e. The fraction of sp³-hybridized carbons (Fsp3) is 0.182. The molecule has 0 aliphatic carbocycles. The van der Waals surface area contributed by atoms with Crippen LogP contribution in [0, 0.1) is 19.7 Å². The molecule has 1 aromatic heterocycles. The molecule has 0 saturated heterocycles. The topological polar surface area (TPSA) is 17.8 Å². The van der Waals surface area contributed by atoms with Crippen LogP contribution in [-0.2, 0) is 0 Å². The molecular weight excluding hydrogens is 179 g/mol. The third kappa shape index (κ3) is 1.41. The summed E-state index contributed by atoms with van der Waals surface area (Å²) in [6.45, 7) is 3.76. The van der Waals surface area contributed by atoms with Gasteiger partial charge in [0.25, 0.3) is 0 Å². The summed E-state index contributed by atoms with van der Waals surface area (Å²) >= 11 is 0. The van der Waals surface area contributed by atoms with Gasteiger partial charge in [0.05, 0.1) is 12.0 Å². The number of halogens is 1. The first-order chi connectivity index (χ1) is 6.68. The van der Waals surface area contributed by atoms with Gasteiger partial charge in [0, 0.05) is 11.9 Å². The van der Waals surface area contributed by atoms with Gasteiger partial charge in [-0.2, -0.15) is 0 Å². The molecule has 0 fully saturated rings. The molecule has 0 spiro atoms. The van der Waals surface area contributed by atoms with Crippen molar-refractivity contribution in [2.24, 2.45) is 0 Å². The fourth-order valence-corrected chi connectivity index (χ4v) is 1.42. The molecular formula is C11H11FN2. The van der Waals surface area contributed by atoms with E-state index in [1.807, 2.05) is 19.9 Å². The summed E-state index contributed by atoms with van der Waals surface area (Å²) in [4.78, 5) is 3.96. The molecule has 72 valence electrons. The molecule has 0 saturated carbocycles. The molecule has 14 heavy (non-hydrogen) atoms. The third-order valence-electron chi connectivity index (χ3n) is 2.19. The van der Waals surface area contributed by atoms with Crippen molar-refractivity contribution in [1.82, 2.24) is 9.55 Å². The summed E-state index contributed by atoms with van der Waals surface area (Å²) in [7, 11) is 0. The predicted molar refractivity (Wildman–Crippen MR) is 53.0 cm³/mol. The van der Waals surface area contributed by atoms with Crippen molar-refractivity contribution in [2.75, 3.05) is 0 Å². The zero-order chi connectivity index (χ0) is 10.1. The Hall–Kier alpha value is -1.64. The summed E-state index contributed by atoms with van der Waals surface area (Å²) in [6.07, 6.45) is 3.32. The number of aromatic nitrogens is 2. The van der Waals surface area contributed by atoms with Gasteiger partial charge in [-0.05, 0) is 31.5 Å². The van der Waals surface area contributed by atoms with Crippen LogP contribution < -0.4 is 0 Å². The lowest BCUT2D eigenvalue weighted by molar-refractivity contribution is 0.615. The molecule has 0 unspecified atom stereocenters. The first kappa shape index (κ1) is 8.94. The average molecular weight is 190 g/mol. The molecule has 0 aliphatic heterocycles. The first-order valence-electron chi connectivity index (χ1n) is 4.44. The Labute approximate surface area is 82.0 Å². The Morgan fingerprint density at radius 2 is 2.07 bits per heavy atom. The van der Waals surface area contributed by atoms with Crippen molar-refractivity contribution in [2.45, 2.75) is 13.8 Å². The minimum absolute atomic E-state index is 0.217. The number of rotatable bonds is 1. The highest BCUT2D eigenvalue weighted by Crippen LogP contribution is 2.16. The second-order valence-electron chi connectivity index (χ2n) is 3.36. The van der Waals surface area contributed by atoms with Crippen LogP contribution >= 0.6 is 0 Å². The van der Waals surface area contributed by atoms with Crippen LogP contribution in [0.15, 0.2) is 30.7 Å². The molecule has 2 rings (SSSR count). The predicted octanol–water partition coefficient (Wildman–Crippen LogP) is 2.63. The number of benzene rings is 1. The van der Waals surface area contributed by atoms with E-state index in [4.69, 9.17) is 0 Å². The molecule has 0 amide bonds. The van der Waals surface area contributed by atoms with E-state index in [0.717, 1.165) is 11.3 Å². The molecule has 0 N–H and O–H groups in total. The molecule has 0 bridgehead atoms. The lowest BCUT2D eigenvalue weighted by Crippen LogP contribution is -1.98. The van der Waals surface area contributed by atoms with Crippen molar-refractivity contribution in [3.63, 3.8) is 0 Å². The van der Waals surface area contributed by atoms with Gasteiger partial charge in [0.1, 0.15) is 5.82 Å². The number of hydrogen-bond donors (Lipinski definition) is 0. The van der Waals surface area contributed by atoms with Crippen molar-refractivity contribution in [3.05, 3.63) is 47.8 Å². The number of hydrogen-bond acceptors (Lipinski definition) is 1. The molecule has 1 aromatic carbocycles. The number of aryl methyl sites for hydroxylation is 2. The molecule has 2 aromatic rings. The van der Waals surface area contributed by atoms with Gasteiger partial charge < -0.3 is 4.57 Å². The monoisotopic (exact) mass is 190 g/mol. The van der Waals surface area contributed by atoms with Crippen LogP contribution in [0.3, 0.4) is 0 Å². The molecule has 0 aliphatic rings. The van der Waals surface area contributed by atoms with Crippen LogP contribution in [-0.4, -0.2) is 9.55 Å². The summed E-state index contributed by atoms with van der Waals surface area (Å²) in [5, 5.41) is 0. The standard InChI is InChI=1S/C11H11FN2/c1-8-3-4-11(10(12)5-8)14-7-13-6-9(14)2/h3-7H,1-2H3. The lowest BCUT2D eigenvalue weighted by Gasteiger charge is -2.06. The highest BCUT2D eigenvalue weighted by Gasteiger charge is 2.05. The Balaban J connectivity index is 2.58. The van der Waals surface area contributed by atoms with Gasteiger partial charge in [0.2, 0.25) is 0 Å². The first-order valence-corrected chi connectivity index (χ1v) is 4.44. The quantitative estimate of drug-likeness (QED) is 0.676. The third-order valence-corrected chi connectivity index (χ3v) is 2.19. The fourth-order valence-electron chi connectivity index (χ4n) is 1.42. The number of nitrogens with zero attached hydrogens (tertiary/aromatic N) is 2. The smallest absolute Gasteiger partial charge is 0.147 e. The van der Waals surface area contributed by atoms with Gasteiger partial charge in [-0.3, -0.25) is 0 Å². The highest BCUT2D eigenvalue weighted by molar-refractivity contribution is 5.37. The van der Waals surface area contributed by atoms with E-state index in [9.17, 15) is 4.39 Å². The van der Waals surface area contributed by atoms with Crippen LogP contribution in [0.1, 0.15) is 11.3 Å². The summed E-state index contributed by atoms with van der Waals surface area (Å²) in [5.41, 5.74) is 2.39. The Bertz CT molecular complexity index is 460. The van der Waals surface area contributed by atoms with E-state index in [2.05, 4.69) is 4.98 Å². The normalized spacial score (nSPS) is 10.5. The van der Waals surface area contributed by atoms with Gasteiger partial charge in [0.15, 0.2) is 0 Å². The molecule has 2 nitrogen and oxygen atoms in total. The van der Waals surface area contributed by atoms with E-state index in [-0.39, 0.29) is 5.82 Å². The summed E-state index contributed by atoms with van der Waals surface area (Å²) in [5.74, 6) is -0.217. The molecule has 3 heteroatoms. The zero-order valence-electron chi connectivity index (χ0n) is 8.16. The average Bonchev–Trinajstić information content (AvgIpc) is 2.52. The molecule has 0 atom stereocenters. The van der Waals surface area contributed by atoms with Crippen LogP contribution in [0.2, 0.25) is 0 Å². The van der Waals surface area contributed by atoms with E-state index < -0.39 is 0 Å². The van der Waals surface area contributed by atoms with Crippen molar-refractivity contribution in [3.8, 4) is 5.69 Å². The minimum atomic E-state index is -0.217.